The van der Waals surface area contributed by atoms with E-state index in [0.29, 0.717) is 0 Å². The van der Waals surface area contributed by atoms with Gasteiger partial charge in [0.1, 0.15) is 0 Å². The van der Waals surface area contributed by atoms with Crippen LogP contribution in [-0.4, -0.2) is 60.5 Å². The molecule has 0 aromatic carbocycles. The van der Waals surface area contributed by atoms with E-state index >= 15 is 0 Å². The molecule has 0 aromatic heterocycles. The smallest absolute Gasteiger partial charge is 0.0998 e. The summed E-state index contributed by atoms with van der Waals surface area (Å²) in [5.41, 5.74) is 0.164. The maximum atomic E-state index is 5.81. The van der Waals surface area contributed by atoms with Gasteiger partial charge >= 0.3 is 0 Å². The van der Waals surface area contributed by atoms with Gasteiger partial charge in [-0.25, -0.2) is 0 Å². The highest BCUT2D eigenvalue weighted by Gasteiger charge is 2.20. The molecule has 1 N–H and O–H groups in total. The van der Waals surface area contributed by atoms with Crippen LogP contribution in [0.25, 0.3) is 0 Å². The largest absolute Gasteiger partial charge is 0.360 e. The second-order valence-electron chi connectivity index (χ2n) is 7.21. The highest BCUT2D eigenvalue weighted by molar-refractivity contribution is 4.74. The quantitative estimate of drug-likeness (QED) is 0.830. The van der Waals surface area contributed by atoms with Crippen LogP contribution in [0.2, 0.25) is 0 Å². The van der Waals surface area contributed by atoms with E-state index in [1.54, 1.807) is 0 Å². The monoisotopic (exact) mass is 257 g/mol. The van der Waals surface area contributed by atoms with Crippen LogP contribution in [0.1, 0.15) is 41.5 Å². The van der Waals surface area contributed by atoms with Crippen LogP contribution < -0.4 is 5.32 Å². The number of hydrogen-bond donors (Lipinski definition) is 1. The molecule has 0 unspecified atom stereocenters. The van der Waals surface area contributed by atoms with E-state index in [1.807, 2.05) is 0 Å². The molecule has 108 valence electrons. The van der Waals surface area contributed by atoms with Crippen molar-refractivity contribution in [3.05, 3.63) is 0 Å². The molecule has 0 saturated carbocycles. The Balaban J connectivity index is 2.17. The Kier molecular flexibility index (Phi) is 5.59. The Labute approximate surface area is 113 Å². The lowest BCUT2D eigenvalue weighted by molar-refractivity contribution is -0.0745. The zero-order valence-corrected chi connectivity index (χ0v) is 13.0. The second kappa shape index (κ2) is 6.33. The molecule has 0 atom stereocenters. The molecule has 0 amide bonds. The molecular weight excluding hydrogens is 226 g/mol. The highest BCUT2D eigenvalue weighted by atomic mass is 16.5. The summed E-state index contributed by atoms with van der Waals surface area (Å²) in [6, 6.07) is 0. The van der Waals surface area contributed by atoms with Crippen molar-refractivity contribution in [3.8, 4) is 0 Å². The van der Waals surface area contributed by atoms with Crippen molar-refractivity contribution in [2.75, 3.05) is 39.6 Å². The maximum Gasteiger partial charge on any atom is 0.0998 e. The number of ether oxygens (including phenoxy) is 1. The third kappa shape index (κ3) is 7.31. The number of piperazine rings is 1. The van der Waals surface area contributed by atoms with Crippen LogP contribution in [0.4, 0.5) is 0 Å². The van der Waals surface area contributed by atoms with Crippen LogP contribution in [0, 0.1) is 0 Å². The molecule has 1 aliphatic rings. The fourth-order valence-electron chi connectivity index (χ4n) is 1.71. The molecular formula is C14H31N3O. The zero-order chi connectivity index (χ0) is 13.8. The molecule has 0 spiro atoms. The Hall–Kier alpha value is -0.160. The fraction of sp³-hybridized carbons (Fsp3) is 1.00. The summed E-state index contributed by atoms with van der Waals surface area (Å²) in [5.74, 6) is 0. The first-order valence-corrected chi connectivity index (χ1v) is 6.99. The summed E-state index contributed by atoms with van der Waals surface area (Å²) in [6.45, 7) is 19.1. The molecule has 1 aliphatic heterocycles. The number of hydrogen-bond acceptors (Lipinski definition) is 4. The Morgan fingerprint density at radius 1 is 0.889 bits per heavy atom. The third-order valence-electron chi connectivity index (χ3n) is 2.98. The first-order valence-electron chi connectivity index (χ1n) is 6.99. The Bertz CT molecular complexity index is 208. The van der Waals surface area contributed by atoms with E-state index in [9.17, 15) is 0 Å². The minimum atomic E-state index is -0.0368. The van der Waals surface area contributed by atoms with Gasteiger partial charge in [0.15, 0.2) is 0 Å². The minimum absolute atomic E-state index is 0.0368. The SMILES string of the molecule is CC(C)(C)NCN1CCN(COC(C)(C)C)CC1. The summed E-state index contributed by atoms with van der Waals surface area (Å²) in [5, 5.41) is 3.54. The molecule has 18 heavy (non-hydrogen) atoms. The predicted molar refractivity (Wildman–Crippen MR) is 76.6 cm³/mol. The number of nitrogens with zero attached hydrogens (tertiary/aromatic N) is 2. The highest BCUT2D eigenvalue weighted by Crippen LogP contribution is 2.09. The van der Waals surface area contributed by atoms with Gasteiger partial charge in [-0.05, 0) is 41.5 Å². The molecule has 1 heterocycles. The molecule has 0 radical (unpaired) electrons. The van der Waals surface area contributed by atoms with Crippen molar-refractivity contribution in [2.45, 2.75) is 52.7 Å². The van der Waals surface area contributed by atoms with Crippen molar-refractivity contribution in [2.24, 2.45) is 0 Å². The van der Waals surface area contributed by atoms with E-state index < -0.39 is 0 Å². The van der Waals surface area contributed by atoms with Gasteiger partial charge in [-0.2, -0.15) is 0 Å². The first-order chi connectivity index (χ1) is 8.16. The maximum absolute atomic E-state index is 5.81. The van der Waals surface area contributed by atoms with Gasteiger partial charge in [0.25, 0.3) is 0 Å². The first kappa shape index (κ1) is 15.9. The molecule has 0 aromatic rings. The summed E-state index contributed by atoms with van der Waals surface area (Å²) >= 11 is 0. The normalized spacial score (nSPS) is 20.3. The van der Waals surface area contributed by atoms with Crippen LogP contribution in [0.5, 0.6) is 0 Å². The minimum Gasteiger partial charge on any atom is -0.360 e. The van der Waals surface area contributed by atoms with E-state index in [0.717, 1.165) is 39.6 Å². The number of rotatable bonds is 4. The lowest BCUT2D eigenvalue weighted by Gasteiger charge is -2.37. The summed E-state index contributed by atoms with van der Waals surface area (Å²) in [4.78, 5) is 4.86. The zero-order valence-electron chi connectivity index (χ0n) is 13.0. The summed E-state index contributed by atoms with van der Waals surface area (Å²) < 4.78 is 5.81. The summed E-state index contributed by atoms with van der Waals surface area (Å²) in [7, 11) is 0. The van der Waals surface area contributed by atoms with E-state index in [1.165, 1.54) is 0 Å². The molecule has 4 heteroatoms. The topological polar surface area (TPSA) is 27.7 Å². The molecule has 0 bridgehead atoms. The average molecular weight is 257 g/mol. The van der Waals surface area contributed by atoms with Crippen LogP contribution in [0.15, 0.2) is 0 Å². The van der Waals surface area contributed by atoms with Crippen LogP contribution >= 0.6 is 0 Å². The molecule has 1 saturated heterocycles. The van der Waals surface area contributed by atoms with Gasteiger partial charge in [-0.1, -0.05) is 0 Å². The lowest BCUT2D eigenvalue weighted by atomic mass is 10.1. The van der Waals surface area contributed by atoms with Crippen molar-refractivity contribution < 1.29 is 4.74 Å². The molecule has 0 aliphatic carbocycles. The second-order valence-corrected chi connectivity index (χ2v) is 7.21. The van der Waals surface area contributed by atoms with Gasteiger partial charge in [-0.3, -0.25) is 15.1 Å². The molecule has 4 nitrogen and oxygen atoms in total. The number of nitrogens with one attached hydrogen (secondary N) is 1. The Morgan fingerprint density at radius 2 is 1.39 bits per heavy atom. The third-order valence-corrected chi connectivity index (χ3v) is 2.98. The Morgan fingerprint density at radius 3 is 1.83 bits per heavy atom. The van der Waals surface area contributed by atoms with E-state index in [-0.39, 0.29) is 11.1 Å². The van der Waals surface area contributed by atoms with Crippen molar-refractivity contribution in [1.29, 1.82) is 0 Å². The standard InChI is InChI=1S/C14H31N3O/c1-13(2,3)15-11-16-7-9-17(10-8-16)12-18-14(4,5)6/h15H,7-12H2,1-6H3. The van der Waals surface area contributed by atoms with E-state index in [2.05, 4.69) is 56.7 Å². The predicted octanol–water partition coefficient (Wildman–Crippen LogP) is 1.72. The molecule has 1 rings (SSSR count). The lowest BCUT2D eigenvalue weighted by Crippen LogP contribution is -2.52. The molecule has 1 fully saturated rings. The van der Waals surface area contributed by atoms with Gasteiger partial charge < -0.3 is 4.74 Å². The van der Waals surface area contributed by atoms with Crippen molar-refractivity contribution in [1.82, 2.24) is 15.1 Å². The fourth-order valence-corrected chi connectivity index (χ4v) is 1.71. The van der Waals surface area contributed by atoms with E-state index in [4.69, 9.17) is 4.74 Å². The van der Waals surface area contributed by atoms with Gasteiger partial charge in [0, 0.05) is 38.4 Å². The van der Waals surface area contributed by atoms with Crippen molar-refractivity contribution in [3.63, 3.8) is 0 Å². The van der Waals surface area contributed by atoms with Gasteiger partial charge in [0.2, 0.25) is 0 Å². The van der Waals surface area contributed by atoms with Gasteiger partial charge in [-0.15, -0.1) is 0 Å². The van der Waals surface area contributed by atoms with Crippen LogP contribution in [0.3, 0.4) is 0 Å². The average Bonchev–Trinajstić information content (AvgIpc) is 2.23. The van der Waals surface area contributed by atoms with Crippen LogP contribution in [-0.2, 0) is 4.74 Å². The summed E-state index contributed by atoms with van der Waals surface area (Å²) in [6.07, 6.45) is 0. The van der Waals surface area contributed by atoms with Gasteiger partial charge in [0.05, 0.1) is 12.3 Å². The van der Waals surface area contributed by atoms with Crippen molar-refractivity contribution >= 4 is 0 Å².